The number of pyridine rings is 1. The van der Waals surface area contributed by atoms with E-state index in [9.17, 15) is 0 Å². The summed E-state index contributed by atoms with van der Waals surface area (Å²) in [6.45, 7) is 6.25. The monoisotopic (exact) mass is 562 g/mol. The van der Waals surface area contributed by atoms with Crippen molar-refractivity contribution < 1.29 is 9.13 Å². The van der Waals surface area contributed by atoms with Gasteiger partial charge in [-0.15, -0.1) is 0 Å². The van der Waals surface area contributed by atoms with Crippen LogP contribution in [0.1, 0.15) is 44.1 Å². The van der Waals surface area contributed by atoms with Gasteiger partial charge in [-0.2, -0.15) is 15.1 Å². The van der Waals surface area contributed by atoms with Crippen LogP contribution in [0.15, 0.2) is 18.5 Å². The summed E-state index contributed by atoms with van der Waals surface area (Å²) in [7, 11) is 0. The van der Waals surface area contributed by atoms with E-state index in [4.69, 9.17) is 26.3 Å². The lowest BCUT2D eigenvalue weighted by atomic mass is 9.95. The molecule has 4 saturated heterocycles. The summed E-state index contributed by atoms with van der Waals surface area (Å²) in [6, 6.07) is 2.84. The van der Waals surface area contributed by atoms with Gasteiger partial charge in [-0.25, -0.2) is 4.39 Å². The average Bonchev–Trinajstić information content (AvgIpc) is 3.73. The summed E-state index contributed by atoms with van der Waals surface area (Å²) >= 11 is 6.54. The van der Waals surface area contributed by atoms with Gasteiger partial charge in [-0.3, -0.25) is 15.0 Å². The van der Waals surface area contributed by atoms with E-state index in [0.29, 0.717) is 40.5 Å². The summed E-state index contributed by atoms with van der Waals surface area (Å²) in [5.74, 6) is 0.193. The molecule has 0 spiro atoms. The number of ether oxygens (including phenoxy) is 1. The smallest absolute Gasteiger partial charge is 0.319 e. The van der Waals surface area contributed by atoms with Gasteiger partial charge in [0.15, 0.2) is 5.82 Å². The van der Waals surface area contributed by atoms with Crippen LogP contribution in [-0.4, -0.2) is 80.5 Å². The standard InChI is InChI=1S/C29H32ClFN8O/c1-16-21(30)10-22-19(12-33-37-22)23(16)26-24(31)25-20(11-32-26)27(38-13-17-4-5-18(14-38)34-17)36-28(35-25)40-15-29-6-2-8-39(29)9-3-7-29/h10-12,17-18,34H,2-9,13-15H2,1H3,(H,33,37). The number of aromatic amines is 1. The molecule has 3 aromatic heterocycles. The van der Waals surface area contributed by atoms with Crippen LogP contribution in [0.25, 0.3) is 33.1 Å². The van der Waals surface area contributed by atoms with Gasteiger partial charge in [0.25, 0.3) is 0 Å². The van der Waals surface area contributed by atoms with Gasteiger partial charge in [0.2, 0.25) is 0 Å². The zero-order valence-electron chi connectivity index (χ0n) is 22.5. The van der Waals surface area contributed by atoms with E-state index >= 15 is 4.39 Å². The fraction of sp³-hybridized carbons (Fsp3) is 0.517. The topological polar surface area (TPSA) is 95.1 Å². The van der Waals surface area contributed by atoms with Gasteiger partial charge >= 0.3 is 6.01 Å². The lowest BCUT2D eigenvalue weighted by Gasteiger charge is -2.34. The predicted molar refractivity (Wildman–Crippen MR) is 153 cm³/mol. The van der Waals surface area contributed by atoms with Crippen molar-refractivity contribution in [2.75, 3.05) is 37.7 Å². The van der Waals surface area contributed by atoms with Crippen LogP contribution in [0.2, 0.25) is 5.02 Å². The lowest BCUT2D eigenvalue weighted by molar-refractivity contribution is 0.108. The summed E-state index contributed by atoms with van der Waals surface area (Å²) in [5, 5.41) is 12.7. The van der Waals surface area contributed by atoms with E-state index in [2.05, 4.69) is 30.3 Å². The molecule has 4 aliphatic heterocycles. The maximum atomic E-state index is 16.6. The van der Waals surface area contributed by atoms with Crippen molar-refractivity contribution in [2.24, 2.45) is 0 Å². The molecule has 7 heterocycles. The average molecular weight is 563 g/mol. The SMILES string of the molecule is Cc1c(Cl)cc2[nH]ncc2c1-c1ncc2c(N3CC4CCC(C3)N4)nc(OCC34CCCN3CCC4)nc2c1F. The Bertz CT molecular complexity index is 1620. The summed E-state index contributed by atoms with van der Waals surface area (Å²) < 4.78 is 23.0. The number of halogens is 2. The van der Waals surface area contributed by atoms with Crippen LogP contribution in [-0.2, 0) is 0 Å². The third kappa shape index (κ3) is 3.79. The summed E-state index contributed by atoms with van der Waals surface area (Å²) in [4.78, 5) is 19.1. The molecule has 11 heteroatoms. The first kappa shape index (κ1) is 24.7. The minimum Gasteiger partial charge on any atom is -0.461 e. The summed E-state index contributed by atoms with van der Waals surface area (Å²) in [5.41, 5.74) is 2.55. The number of aromatic nitrogens is 5. The second-order valence-corrected chi connectivity index (χ2v) is 12.4. The van der Waals surface area contributed by atoms with Crippen LogP contribution < -0.4 is 15.0 Å². The van der Waals surface area contributed by atoms with E-state index in [-0.39, 0.29) is 22.8 Å². The molecule has 4 fully saturated rings. The molecule has 4 aliphatic rings. The Labute approximate surface area is 236 Å². The molecule has 0 aliphatic carbocycles. The van der Waals surface area contributed by atoms with Gasteiger partial charge in [0, 0.05) is 47.3 Å². The molecule has 1 aromatic carbocycles. The molecule has 4 aromatic rings. The van der Waals surface area contributed by atoms with Gasteiger partial charge in [0.1, 0.15) is 23.6 Å². The third-order valence-electron chi connectivity index (χ3n) is 9.62. The van der Waals surface area contributed by atoms with E-state index in [1.807, 2.05) is 6.92 Å². The number of rotatable bonds is 5. The van der Waals surface area contributed by atoms with E-state index in [1.165, 1.54) is 12.8 Å². The predicted octanol–water partition coefficient (Wildman–Crippen LogP) is 4.62. The van der Waals surface area contributed by atoms with Crippen LogP contribution in [0.3, 0.4) is 0 Å². The molecule has 8 rings (SSSR count). The highest BCUT2D eigenvalue weighted by Crippen LogP contribution is 2.41. The van der Waals surface area contributed by atoms with Crippen molar-refractivity contribution in [1.29, 1.82) is 0 Å². The fourth-order valence-corrected chi connectivity index (χ4v) is 7.80. The van der Waals surface area contributed by atoms with Crippen LogP contribution in [0, 0.1) is 12.7 Å². The zero-order chi connectivity index (χ0) is 27.0. The molecule has 2 N–H and O–H groups in total. The zero-order valence-corrected chi connectivity index (χ0v) is 23.3. The number of fused-ring (bicyclic) bond motifs is 5. The fourth-order valence-electron chi connectivity index (χ4n) is 7.60. The van der Waals surface area contributed by atoms with Gasteiger partial charge in [0.05, 0.1) is 22.6 Å². The second kappa shape index (κ2) is 9.22. The van der Waals surface area contributed by atoms with E-state index in [0.717, 1.165) is 68.3 Å². The van der Waals surface area contributed by atoms with Crippen molar-refractivity contribution >= 4 is 39.2 Å². The van der Waals surface area contributed by atoms with Gasteiger partial charge < -0.3 is 15.0 Å². The highest BCUT2D eigenvalue weighted by atomic mass is 35.5. The van der Waals surface area contributed by atoms with Crippen molar-refractivity contribution in [2.45, 2.75) is 63.1 Å². The highest BCUT2D eigenvalue weighted by molar-refractivity contribution is 6.32. The van der Waals surface area contributed by atoms with E-state index in [1.54, 1.807) is 18.5 Å². The number of benzene rings is 1. The number of nitrogens with one attached hydrogen (secondary N) is 2. The molecule has 2 bridgehead atoms. The number of H-pyrrole nitrogens is 1. The first-order valence-electron chi connectivity index (χ1n) is 14.4. The maximum Gasteiger partial charge on any atom is 0.319 e. The Balaban J connectivity index is 1.26. The normalized spacial score (nSPS) is 23.9. The largest absolute Gasteiger partial charge is 0.461 e. The number of nitrogens with zero attached hydrogens (tertiary/aromatic N) is 6. The molecule has 208 valence electrons. The number of hydrogen-bond acceptors (Lipinski definition) is 8. The van der Waals surface area contributed by atoms with Gasteiger partial charge in [-0.1, -0.05) is 11.6 Å². The third-order valence-corrected chi connectivity index (χ3v) is 10.0. The number of piperazine rings is 1. The summed E-state index contributed by atoms with van der Waals surface area (Å²) in [6.07, 6.45) is 10.3. The van der Waals surface area contributed by atoms with Crippen LogP contribution in [0.4, 0.5) is 10.2 Å². The Hall–Kier alpha value is -3.08. The molecule has 0 amide bonds. The highest BCUT2D eigenvalue weighted by Gasteiger charge is 2.45. The van der Waals surface area contributed by atoms with Crippen LogP contribution in [0.5, 0.6) is 6.01 Å². The second-order valence-electron chi connectivity index (χ2n) is 12.0. The molecule has 0 radical (unpaired) electrons. The van der Waals surface area contributed by atoms with Crippen LogP contribution >= 0.6 is 11.6 Å². The molecule has 2 unspecified atom stereocenters. The molecule has 40 heavy (non-hydrogen) atoms. The molecule has 2 atom stereocenters. The van der Waals surface area contributed by atoms with Crippen molar-refractivity contribution in [3.05, 3.63) is 34.9 Å². The van der Waals surface area contributed by atoms with E-state index < -0.39 is 5.82 Å². The van der Waals surface area contributed by atoms with Crippen molar-refractivity contribution in [3.8, 4) is 17.3 Å². The first-order valence-corrected chi connectivity index (χ1v) is 14.7. The van der Waals surface area contributed by atoms with Crippen molar-refractivity contribution in [3.63, 3.8) is 0 Å². The molecule has 9 nitrogen and oxygen atoms in total. The lowest BCUT2D eigenvalue weighted by Crippen LogP contribution is -2.51. The Morgan fingerprint density at radius 3 is 2.65 bits per heavy atom. The molecular formula is C29H32ClFN8O. The number of anilines is 1. The Morgan fingerprint density at radius 2 is 1.88 bits per heavy atom. The number of hydrogen-bond donors (Lipinski definition) is 2. The Kier molecular flexibility index (Phi) is 5.69. The quantitative estimate of drug-likeness (QED) is 0.364. The molecule has 0 saturated carbocycles. The van der Waals surface area contributed by atoms with Crippen molar-refractivity contribution in [1.82, 2.24) is 35.4 Å². The van der Waals surface area contributed by atoms with Gasteiger partial charge in [-0.05, 0) is 70.2 Å². The maximum absolute atomic E-state index is 16.6. The first-order chi connectivity index (χ1) is 19.5. The molecular weight excluding hydrogens is 531 g/mol. The minimum atomic E-state index is -0.501. The minimum absolute atomic E-state index is 0.0410. The Morgan fingerprint density at radius 1 is 1.10 bits per heavy atom.